The van der Waals surface area contributed by atoms with Crippen LogP contribution in [0, 0.1) is 6.92 Å². The summed E-state index contributed by atoms with van der Waals surface area (Å²) in [4.78, 5) is 11.2. The Morgan fingerprint density at radius 1 is 1.22 bits per heavy atom. The molecular formula is C17H22N4O2. The van der Waals surface area contributed by atoms with Gasteiger partial charge in [0, 0.05) is 43.7 Å². The maximum Gasteiger partial charge on any atom is 0.229 e. The number of hydrogen-bond acceptors (Lipinski definition) is 6. The zero-order chi connectivity index (χ0) is 15.6. The van der Waals surface area contributed by atoms with E-state index in [4.69, 9.17) is 9.26 Å². The van der Waals surface area contributed by atoms with E-state index in [0.717, 1.165) is 57.1 Å². The van der Waals surface area contributed by atoms with E-state index in [1.54, 1.807) is 0 Å². The molecule has 0 aliphatic carbocycles. The molecule has 2 aromatic heterocycles. The topological polar surface area (TPSA) is 64.3 Å². The van der Waals surface area contributed by atoms with E-state index in [0.29, 0.717) is 5.92 Å². The first kappa shape index (κ1) is 14.6. The molecule has 0 radical (unpaired) electrons. The van der Waals surface area contributed by atoms with E-state index >= 15 is 0 Å². The number of rotatable bonds is 3. The van der Waals surface area contributed by atoms with Crippen molar-refractivity contribution in [3.05, 3.63) is 35.7 Å². The Balaban J connectivity index is 1.40. The lowest BCUT2D eigenvalue weighted by Crippen LogP contribution is -2.33. The molecule has 0 aromatic carbocycles. The van der Waals surface area contributed by atoms with Crippen LogP contribution in [0.15, 0.2) is 23.0 Å². The molecule has 6 nitrogen and oxygen atoms in total. The number of ether oxygens (including phenoxy) is 1. The van der Waals surface area contributed by atoms with Gasteiger partial charge < -0.3 is 14.2 Å². The van der Waals surface area contributed by atoms with Crippen LogP contribution in [-0.4, -0.2) is 34.8 Å². The highest BCUT2D eigenvalue weighted by atomic mass is 16.5. The molecule has 2 aliphatic rings. The summed E-state index contributed by atoms with van der Waals surface area (Å²) in [5, 5.41) is 4.13. The second-order valence-electron chi connectivity index (χ2n) is 6.42. The quantitative estimate of drug-likeness (QED) is 0.868. The fourth-order valence-electron chi connectivity index (χ4n) is 3.51. The van der Waals surface area contributed by atoms with E-state index in [1.165, 1.54) is 11.3 Å². The van der Waals surface area contributed by atoms with Crippen molar-refractivity contribution in [2.75, 3.05) is 24.6 Å². The van der Waals surface area contributed by atoms with Gasteiger partial charge in [-0.25, -0.2) is 0 Å². The van der Waals surface area contributed by atoms with Crippen LogP contribution < -0.4 is 4.90 Å². The first-order valence-corrected chi connectivity index (χ1v) is 8.42. The van der Waals surface area contributed by atoms with Gasteiger partial charge in [-0.1, -0.05) is 5.16 Å². The highest BCUT2D eigenvalue weighted by Crippen LogP contribution is 2.32. The minimum atomic E-state index is 0.0343. The molecule has 23 heavy (non-hydrogen) atoms. The van der Waals surface area contributed by atoms with Gasteiger partial charge in [-0.15, -0.1) is 0 Å². The number of anilines is 1. The van der Waals surface area contributed by atoms with Crippen molar-refractivity contribution in [1.82, 2.24) is 15.1 Å². The predicted octanol–water partition coefficient (Wildman–Crippen LogP) is 3.01. The third-order valence-corrected chi connectivity index (χ3v) is 4.85. The normalized spacial score (nSPS) is 22.7. The fourth-order valence-corrected chi connectivity index (χ4v) is 3.51. The van der Waals surface area contributed by atoms with Crippen molar-refractivity contribution in [2.24, 2.45) is 0 Å². The smallest absolute Gasteiger partial charge is 0.229 e. The van der Waals surface area contributed by atoms with Gasteiger partial charge in [-0.2, -0.15) is 4.98 Å². The number of nitrogens with zero attached hydrogens (tertiary/aromatic N) is 4. The van der Waals surface area contributed by atoms with Gasteiger partial charge in [0.25, 0.3) is 0 Å². The molecular weight excluding hydrogens is 292 g/mol. The Hall–Kier alpha value is -1.95. The lowest BCUT2D eigenvalue weighted by Gasteiger charge is -2.33. The zero-order valence-electron chi connectivity index (χ0n) is 13.4. The van der Waals surface area contributed by atoms with E-state index < -0.39 is 0 Å². The molecule has 0 amide bonds. The summed E-state index contributed by atoms with van der Waals surface area (Å²) in [7, 11) is 0. The third kappa shape index (κ3) is 2.95. The fraction of sp³-hybridized carbons (Fsp3) is 0.588. The summed E-state index contributed by atoms with van der Waals surface area (Å²) >= 11 is 0. The van der Waals surface area contributed by atoms with Crippen LogP contribution >= 0.6 is 0 Å². The molecule has 4 rings (SSSR count). The average Bonchev–Trinajstić information content (AvgIpc) is 3.27. The van der Waals surface area contributed by atoms with Gasteiger partial charge in [0.1, 0.15) is 6.10 Å². The molecule has 6 heteroatoms. The number of aromatic nitrogens is 3. The molecule has 0 bridgehead atoms. The summed E-state index contributed by atoms with van der Waals surface area (Å²) in [5.74, 6) is 1.86. The third-order valence-electron chi connectivity index (χ3n) is 4.85. The maximum atomic E-state index is 5.63. The monoisotopic (exact) mass is 314 g/mol. The minimum Gasteiger partial charge on any atom is -0.371 e. The second kappa shape index (κ2) is 6.28. The summed E-state index contributed by atoms with van der Waals surface area (Å²) in [6, 6.07) is 2.10. The number of piperidine rings is 1. The Morgan fingerprint density at radius 3 is 2.83 bits per heavy atom. The van der Waals surface area contributed by atoms with Crippen LogP contribution in [0.4, 0.5) is 5.69 Å². The van der Waals surface area contributed by atoms with E-state index in [2.05, 4.69) is 33.0 Å². The van der Waals surface area contributed by atoms with Crippen molar-refractivity contribution in [2.45, 2.75) is 44.6 Å². The largest absolute Gasteiger partial charge is 0.371 e. The number of aryl methyl sites for hydroxylation is 1. The van der Waals surface area contributed by atoms with Crippen LogP contribution in [-0.2, 0) is 4.74 Å². The zero-order valence-corrected chi connectivity index (χ0v) is 13.4. The molecule has 2 saturated heterocycles. The first-order chi connectivity index (χ1) is 11.3. The summed E-state index contributed by atoms with van der Waals surface area (Å²) in [6.07, 6.45) is 7.97. The molecule has 2 fully saturated rings. The molecule has 2 aromatic rings. The van der Waals surface area contributed by atoms with Crippen molar-refractivity contribution >= 4 is 5.69 Å². The molecule has 1 unspecified atom stereocenters. The first-order valence-electron chi connectivity index (χ1n) is 8.42. The lowest BCUT2D eigenvalue weighted by atomic mass is 9.96. The van der Waals surface area contributed by atoms with Crippen LogP contribution in [0.2, 0.25) is 0 Å². The van der Waals surface area contributed by atoms with E-state index in [-0.39, 0.29) is 6.10 Å². The molecule has 2 aliphatic heterocycles. The van der Waals surface area contributed by atoms with Crippen molar-refractivity contribution in [3.63, 3.8) is 0 Å². The van der Waals surface area contributed by atoms with Gasteiger partial charge in [0.2, 0.25) is 11.7 Å². The average molecular weight is 314 g/mol. The van der Waals surface area contributed by atoms with E-state index in [9.17, 15) is 0 Å². The Labute approximate surface area is 135 Å². The Kier molecular flexibility index (Phi) is 3.99. The molecule has 0 N–H and O–H groups in total. The molecule has 0 saturated carbocycles. The van der Waals surface area contributed by atoms with Crippen LogP contribution in [0.1, 0.15) is 55.0 Å². The Morgan fingerprint density at radius 2 is 2.09 bits per heavy atom. The standard InChI is InChI=1S/C17H22N4O2/c1-12-11-18-7-4-14(12)21-8-5-13(6-9-21)17-19-16(20-23-17)15-3-2-10-22-15/h4,7,11,13,15H,2-3,5-6,8-10H2,1H3. The van der Waals surface area contributed by atoms with Crippen LogP contribution in [0.5, 0.6) is 0 Å². The van der Waals surface area contributed by atoms with Crippen molar-refractivity contribution in [3.8, 4) is 0 Å². The van der Waals surface area contributed by atoms with Gasteiger partial charge in [0.15, 0.2) is 0 Å². The maximum absolute atomic E-state index is 5.63. The molecule has 0 spiro atoms. The summed E-state index contributed by atoms with van der Waals surface area (Å²) in [5.41, 5.74) is 2.51. The highest BCUT2D eigenvalue weighted by molar-refractivity contribution is 5.51. The summed E-state index contributed by atoms with van der Waals surface area (Å²) < 4.78 is 11.1. The molecule has 1 atom stereocenters. The number of hydrogen-bond donors (Lipinski definition) is 0. The van der Waals surface area contributed by atoms with Gasteiger partial charge in [0.05, 0.1) is 0 Å². The highest BCUT2D eigenvalue weighted by Gasteiger charge is 2.28. The van der Waals surface area contributed by atoms with Gasteiger partial charge in [-0.05, 0) is 44.2 Å². The SMILES string of the molecule is Cc1cnccc1N1CCC(c2nc(C3CCCO3)no2)CC1. The molecule has 4 heterocycles. The predicted molar refractivity (Wildman–Crippen MR) is 85.4 cm³/mol. The number of pyridine rings is 1. The summed E-state index contributed by atoms with van der Waals surface area (Å²) in [6.45, 7) is 4.93. The Bertz CT molecular complexity index is 658. The molecule has 122 valence electrons. The minimum absolute atomic E-state index is 0.0343. The van der Waals surface area contributed by atoms with Gasteiger partial charge >= 0.3 is 0 Å². The van der Waals surface area contributed by atoms with Crippen LogP contribution in [0.25, 0.3) is 0 Å². The van der Waals surface area contributed by atoms with Gasteiger partial charge in [-0.3, -0.25) is 4.98 Å². The van der Waals surface area contributed by atoms with Crippen molar-refractivity contribution < 1.29 is 9.26 Å². The van der Waals surface area contributed by atoms with Crippen molar-refractivity contribution in [1.29, 1.82) is 0 Å². The van der Waals surface area contributed by atoms with E-state index in [1.807, 2.05) is 12.4 Å². The lowest BCUT2D eigenvalue weighted by molar-refractivity contribution is 0.103. The second-order valence-corrected chi connectivity index (χ2v) is 6.42. The van der Waals surface area contributed by atoms with Crippen LogP contribution in [0.3, 0.4) is 0 Å².